The molecular formula is C36H52FNO9. The summed E-state index contributed by atoms with van der Waals surface area (Å²) in [6, 6.07) is -1.28. The van der Waals surface area contributed by atoms with Gasteiger partial charge in [-0.3, -0.25) is 24.0 Å². The second-order valence-electron chi connectivity index (χ2n) is 14.8. The molecule has 10 atom stereocenters. The van der Waals surface area contributed by atoms with Crippen molar-refractivity contribution in [2.24, 2.45) is 40.2 Å². The molecule has 0 aromatic heterocycles. The Balaban J connectivity index is 1.61. The highest BCUT2D eigenvalue weighted by Crippen LogP contribution is 2.71. The van der Waals surface area contributed by atoms with Crippen molar-refractivity contribution >= 4 is 29.5 Å². The molecule has 0 radical (unpaired) electrons. The van der Waals surface area contributed by atoms with E-state index in [4.69, 9.17) is 19.9 Å². The fourth-order valence-corrected chi connectivity index (χ4v) is 8.97. The third-order valence-electron chi connectivity index (χ3n) is 11.9. The number of carbonyl (C=O) groups is 5. The Morgan fingerprint density at radius 1 is 1.13 bits per heavy atom. The van der Waals surface area contributed by atoms with Crippen molar-refractivity contribution in [1.82, 2.24) is 0 Å². The first kappa shape index (κ1) is 36.9. The standard InChI is InChI=1S/C36H52FNO9/c1-7-9-10-30(42)47-36(29(41)20-45-31(43)17-27(38)32(44)46-19-21(3)8-2)22(4)15-26-25-12-11-23-16-24(39)13-14-33(23,5)35(25,37)28(40)18-34(26,36)6/h13-14,16,21-22,25-28,40H,7-12,15,17-20,38H2,1-6H3. The fraction of sp³-hybridized carbons (Fsp3) is 0.750. The van der Waals surface area contributed by atoms with Gasteiger partial charge >= 0.3 is 17.9 Å². The predicted molar refractivity (Wildman–Crippen MR) is 170 cm³/mol. The Bertz CT molecular complexity index is 1330. The van der Waals surface area contributed by atoms with Crippen molar-refractivity contribution in [2.75, 3.05) is 13.2 Å². The van der Waals surface area contributed by atoms with Crippen molar-refractivity contribution in [3.05, 3.63) is 23.8 Å². The monoisotopic (exact) mass is 661 g/mol. The largest absolute Gasteiger partial charge is 0.464 e. The lowest BCUT2D eigenvalue weighted by molar-refractivity contribution is -0.228. The zero-order valence-corrected chi connectivity index (χ0v) is 28.6. The number of nitrogens with two attached hydrogens (primary N) is 1. The molecule has 3 saturated carbocycles. The van der Waals surface area contributed by atoms with Gasteiger partial charge < -0.3 is 25.1 Å². The zero-order chi connectivity index (χ0) is 34.9. The first-order chi connectivity index (χ1) is 22.0. The number of rotatable bonds is 13. The number of halogens is 1. The van der Waals surface area contributed by atoms with Crippen molar-refractivity contribution in [3.63, 3.8) is 0 Å². The van der Waals surface area contributed by atoms with E-state index in [-0.39, 0.29) is 31.1 Å². The van der Waals surface area contributed by atoms with Crippen LogP contribution in [0, 0.1) is 34.5 Å². The Hall–Kier alpha value is -2.92. The molecule has 0 aliphatic heterocycles. The molecule has 4 aliphatic carbocycles. The summed E-state index contributed by atoms with van der Waals surface area (Å²) in [6.07, 6.45) is 5.38. The van der Waals surface area contributed by atoms with Crippen LogP contribution in [-0.4, -0.2) is 71.2 Å². The lowest BCUT2D eigenvalue weighted by atomic mass is 9.44. The number of hydrogen-bond acceptors (Lipinski definition) is 10. The van der Waals surface area contributed by atoms with E-state index in [9.17, 15) is 29.1 Å². The van der Waals surface area contributed by atoms with Crippen LogP contribution in [0.5, 0.6) is 0 Å². The third-order valence-corrected chi connectivity index (χ3v) is 11.9. The van der Waals surface area contributed by atoms with E-state index in [1.165, 1.54) is 12.2 Å². The quantitative estimate of drug-likeness (QED) is 0.213. The number of ketones is 2. The van der Waals surface area contributed by atoms with E-state index in [2.05, 4.69) is 0 Å². The molecular weight excluding hydrogens is 609 g/mol. The molecule has 3 N–H and O–H groups in total. The SMILES string of the molecule is CCCCC(=O)OC1(C(=O)COC(=O)CC(N)C(=O)OCC(C)CC)C(C)CC2C3CCC4=CC(=O)C=CC4(C)C3(F)C(O)CC21C. The number of aliphatic hydroxyl groups is 1. The highest BCUT2D eigenvalue weighted by molar-refractivity contribution is 6.01. The van der Waals surface area contributed by atoms with Crippen molar-refractivity contribution in [1.29, 1.82) is 0 Å². The average Bonchev–Trinajstić information content (AvgIpc) is 3.24. The highest BCUT2D eigenvalue weighted by atomic mass is 19.1. The van der Waals surface area contributed by atoms with Crippen LogP contribution in [0.25, 0.3) is 0 Å². The molecule has 10 nitrogen and oxygen atoms in total. The molecule has 0 amide bonds. The van der Waals surface area contributed by atoms with Crippen LogP contribution < -0.4 is 5.73 Å². The van der Waals surface area contributed by atoms with E-state index in [0.29, 0.717) is 31.3 Å². The predicted octanol–water partition coefficient (Wildman–Crippen LogP) is 4.49. The third kappa shape index (κ3) is 6.22. The van der Waals surface area contributed by atoms with Gasteiger partial charge in [-0.2, -0.15) is 0 Å². The summed E-state index contributed by atoms with van der Waals surface area (Å²) in [6.45, 7) is 10.5. The number of Topliss-reactive ketones (excluding diaryl/α,β-unsaturated/α-hetero) is 1. The number of carbonyl (C=O) groups excluding carboxylic acids is 5. The van der Waals surface area contributed by atoms with E-state index in [1.807, 2.05) is 20.8 Å². The first-order valence-corrected chi connectivity index (χ1v) is 17.2. The topological polar surface area (TPSA) is 159 Å². The summed E-state index contributed by atoms with van der Waals surface area (Å²) in [7, 11) is 0. The number of aliphatic hydroxyl groups excluding tert-OH is 1. The normalized spacial score (nSPS) is 37.0. The van der Waals surface area contributed by atoms with E-state index in [1.54, 1.807) is 26.8 Å². The molecule has 0 heterocycles. The van der Waals surface area contributed by atoms with E-state index < -0.39 is 88.7 Å². The van der Waals surface area contributed by atoms with Crippen LogP contribution in [-0.2, 0) is 38.2 Å². The van der Waals surface area contributed by atoms with Gasteiger partial charge in [0, 0.05) is 29.1 Å². The van der Waals surface area contributed by atoms with Gasteiger partial charge in [-0.1, -0.05) is 59.1 Å². The minimum absolute atomic E-state index is 0.0660. The van der Waals surface area contributed by atoms with Crippen molar-refractivity contribution in [2.45, 2.75) is 123 Å². The number of unbranched alkanes of at least 4 members (excludes halogenated alkanes) is 1. The number of alkyl halides is 1. The Morgan fingerprint density at radius 3 is 2.49 bits per heavy atom. The summed E-state index contributed by atoms with van der Waals surface area (Å²) in [5.74, 6) is -4.75. The van der Waals surface area contributed by atoms with Crippen LogP contribution in [0.3, 0.4) is 0 Å². The molecule has 4 rings (SSSR count). The lowest BCUT2D eigenvalue weighted by Crippen LogP contribution is -2.70. The smallest absolute Gasteiger partial charge is 0.323 e. The summed E-state index contributed by atoms with van der Waals surface area (Å²) in [4.78, 5) is 64.9. The number of fused-ring (bicyclic) bond motifs is 5. The van der Waals surface area contributed by atoms with Crippen LogP contribution in [0.4, 0.5) is 4.39 Å². The molecule has 47 heavy (non-hydrogen) atoms. The molecule has 0 spiro atoms. The molecule has 0 saturated heterocycles. The Labute approximate surface area is 277 Å². The molecule has 0 aromatic rings. The van der Waals surface area contributed by atoms with Crippen LogP contribution in [0.1, 0.15) is 99.3 Å². The van der Waals surface area contributed by atoms with Gasteiger partial charge in [0.1, 0.15) is 6.04 Å². The maximum Gasteiger partial charge on any atom is 0.323 e. The molecule has 0 aromatic carbocycles. The van der Waals surface area contributed by atoms with Gasteiger partial charge in [0.2, 0.25) is 5.78 Å². The number of allylic oxidation sites excluding steroid dienone is 4. The van der Waals surface area contributed by atoms with Gasteiger partial charge in [0.05, 0.1) is 19.1 Å². The highest BCUT2D eigenvalue weighted by Gasteiger charge is 2.77. The van der Waals surface area contributed by atoms with E-state index >= 15 is 4.39 Å². The number of hydrogen-bond donors (Lipinski definition) is 2. The summed E-state index contributed by atoms with van der Waals surface area (Å²) < 4.78 is 34.4. The summed E-state index contributed by atoms with van der Waals surface area (Å²) >= 11 is 0. The molecule has 0 bridgehead atoms. The first-order valence-electron chi connectivity index (χ1n) is 17.2. The van der Waals surface area contributed by atoms with Crippen molar-refractivity contribution < 1.29 is 47.7 Å². The maximum absolute atomic E-state index is 17.7. The fourth-order valence-electron chi connectivity index (χ4n) is 8.97. The second kappa shape index (κ2) is 13.9. The van der Waals surface area contributed by atoms with Crippen LogP contribution >= 0.6 is 0 Å². The maximum atomic E-state index is 17.7. The minimum Gasteiger partial charge on any atom is -0.464 e. The average molecular weight is 662 g/mol. The molecule has 11 heteroatoms. The van der Waals surface area contributed by atoms with E-state index in [0.717, 1.165) is 12.8 Å². The van der Waals surface area contributed by atoms with Gasteiger partial charge in [-0.25, -0.2) is 4.39 Å². The molecule has 262 valence electrons. The van der Waals surface area contributed by atoms with Gasteiger partial charge in [-0.15, -0.1) is 0 Å². The van der Waals surface area contributed by atoms with Crippen LogP contribution in [0.15, 0.2) is 23.8 Å². The number of ether oxygens (including phenoxy) is 3. The lowest BCUT2D eigenvalue weighted by Gasteiger charge is -2.62. The van der Waals surface area contributed by atoms with Crippen molar-refractivity contribution in [3.8, 4) is 0 Å². The van der Waals surface area contributed by atoms with Crippen LogP contribution in [0.2, 0.25) is 0 Å². The minimum atomic E-state index is -2.13. The Morgan fingerprint density at radius 2 is 1.83 bits per heavy atom. The Kier molecular flexibility index (Phi) is 10.9. The number of esters is 3. The van der Waals surface area contributed by atoms with Gasteiger partial charge in [0.25, 0.3) is 0 Å². The van der Waals surface area contributed by atoms with Gasteiger partial charge in [0.15, 0.2) is 23.7 Å². The summed E-state index contributed by atoms with van der Waals surface area (Å²) in [5, 5.41) is 11.8. The molecule has 10 unspecified atom stereocenters. The zero-order valence-electron chi connectivity index (χ0n) is 28.6. The molecule has 4 aliphatic rings. The summed E-state index contributed by atoms with van der Waals surface area (Å²) in [5.41, 5.74) is 0.167. The van der Waals surface area contributed by atoms with Gasteiger partial charge in [-0.05, 0) is 63.0 Å². The second-order valence-corrected chi connectivity index (χ2v) is 14.8. The molecule has 3 fully saturated rings.